The fraction of sp³-hybridized carbons (Fsp3) is 0.688. The second-order valence-corrected chi connectivity index (χ2v) is 6.38. The van der Waals surface area contributed by atoms with E-state index in [1.807, 2.05) is 6.07 Å². The summed E-state index contributed by atoms with van der Waals surface area (Å²) in [4.78, 5) is 23.3. The highest BCUT2D eigenvalue weighted by Crippen LogP contribution is 2.31. The minimum atomic E-state index is 0.105. The van der Waals surface area contributed by atoms with Gasteiger partial charge in [-0.2, -0.15) is 0 Å². The molecule has 22 heavy (non-hydrogen) atoms. The van der Waals surface area contributed by atoms with Crippen molar-refractivity contribution in [3.63, 3.8) is 0 Å². The number of nitrogens with zero attached hydrogens (tertiary/aromatic N) is 3. The van der Waals surface area contributed by atoms with Crippen LogP contribution >= 0.6 is 0 Å². The quantitative estimate of drug-likeness (QED) is 0.864. The summed E-state index contributed by atoms with van der Waals surface area (Å²) in [6.45, 7) is 2.35. The molecule has 2 aliphatic rings. The second-order valence-electron chi connectivity index (χ2n) is 6.38. The van der Waals surface area contributed by atoms with Gasteiger partial charge in [-0.15, -0.1) is 0 Å². The molecular weight excluding hydrogens is 278 g/mol. The molecule has 1 saturated carbocycles. The number of nitrogens with two attached hydrogens (primary N) is 1. The van der Waals surface area contributed by atoms with Crippen LogP contribution in [-0.4, -0.2) is 41.6 Å². The molecule has 1 aromatic rings. The monoisotopic (exact) mass is 303 g/mol. The first kappa shape index (κ1) is 15.2. The summed E-state index contributed by atoms with van der Waals surface area (Å²) in [7, 11) is 0. The summed E-state index contributed by atoms with van der Waals surface area (Å²) in [5.74, 6) is 1.40. The first-order valence-electron chi connectivity index (χ1n) is 8.30. The molecule has 3 atom stereocenters. The third-order valence-corrected chi connectivity index (χ3v) is 4.90. The number of aromatic nitrogens is 2. The van der Waals surface area contributed by atoms with Crippen LogP contribution in [0.25, 0.3) is 0 Å². The molecule has 120 valence electrons. The molecular formula is C16H25N5O. The van der Waals surface area contributed by atoms with Crippen molar-refractivity contribution in [3.05, 3.63) is 18.5 Å². The highest BCUT2D eigenvalue weighted by molar-refractivity contribution is 5.79. The fourth-order valence-electron chi connectivity index (χ4n) is 3.70. The van der Waals surface area contributed by atoms with E-state index in [0.29, 0.717) is 12.5 Å². The summed E-state index contributed by atoms with van der Waals surface area (Å²) in [6, 6.07) is 2.00. The van der Waals surface area contributed by atoms with Gasteiger partial charge in [0.25, 0.3) is 0 Å². The van der Waals surface area contributed by atoms with Crippen LogP contribution in [0, 0.1) is 11.8 Å². The molecule has 1 amide bonds. The zero-order valence-corrected chi connectivity index (χ0v) is 12.9. The Kier molecular flexibility index (Phi) is 4.87. The number of rotatable bonds is 4. The third kappa shape index (κ3) is 3.38. The summed E-state index contributed by atoms with van der Waals surface area (Å²) >= 11 is 0. The Labute approximate surface area is 131 Å². The molecule has 0 radical (unpaired) electrons. The maximum absolute atomic E-state index is 12.5. The van der Waals surface area contributed by atoms with Crippen molar-refractivity contribution >= 4 is 11.9 Å². The molecule has 6 nitrogen and oxygen atoms in total. The van der Waals surface area contributed by atoms with Crippen molar-refractivity contribution in [2.75, 3.05) is 24.5 Å². The Hall–Kier alpha value is -1.69. The van der Waals surface area contributed by atoms with Gasteiger partial charge >= 0.3 is 0 Å². The van der Waals surface area contributed by atoms with Crippen LogP contribution in [0.3, 0.4) is 0 Å². The van der Waals surface area contributed by atoms with Gasteiger partial charge in [-0.1, -0.05) is 6.42 Å². The number of nitrogens with one attached hydrogen (secondary N) is 1. The van der Waals surface area contributed by atoms with Gasteiger partial charge in [0.15, 0.2) is 0 Å². The van der Waals surface area contributed by atoms with Gasteiger partial charge < -0.3 is 16.0 Å². The van der Waals surface area contributed by atoms with Crippen molar-refractivity contribution in [3.8, 4) is 0 Å². The van der Waals surface area contributed by atoms with Crippen LogP contribution in [-0.2, 0) is 4.79 Å². The zero-order valence-electron chi connectivity index (χ0n) is 12.9. The molecule has 1 aromatic heterocycles. The molecule has 1 aliphatic heterocycles. The van der Waals surface area contributed by atoms with Crippen molar-refractivity contribution in [2.45, 2.75) is 38.1 Å². The summed E-state index contributed by atoms with van der Waals surface area (Å²) in [5.41, 5.74) is 5.79. The van der Waals surface area contributed by atoms with Gasteiger partial charge in [0.05, 0.1) is 0 Å². The summed E-state index contributed by atoms with van der Waals surface area (Å²) in [6.07, 6.45) is 8.77. The minimum Gasteiger partial charge on any atom is -0.351 e. The number of hydrogen-bond donors (Lipinski definition) is 2. The van der Waals surface area contributed by atoms with Gasteiger partial charge in [-0.05, 0) is 44.2 Å². The van der Waals surface area contributed by atoms with Crippen LogP contribution in [0.4, 0.5) is 5.95 Å². The van der Waals surface area contributed by atoms with E-state index in [0.717, 1.165) is 51.1 Å². The number of amides is 1. The van der Waals surface area contributed by atoms with E-state index in [4.69, 9.17) is 5.73 Å². The number of carbonyl (C=O) groups is 1. The Balaban J connectivity index is 1.57. The van der Waals surface area contributed by atoms with Crippen molar-refractivity contribution < 1.29 is 4.79 Å². The average Bonchev–Trinajstić information content (AvgIpc) is 3.05. The molecule has 0 bridgehead atoms. The topological polar surface area (TPSA) is 84.1 Å². The minimum absolute atomic E-state index is 0.105. The predicted octanol–water partition coefficient (Wildman–Crippen LogP) is 0.937. The molecule has 6 heteroatoms. The van der Waals surface area contributed by atoms with Crippen LogP contribution in [0.2, 0.25) is 0 Å². The van der Waals surface area contributed by atoms with Gasteiger partial charge in [-0.3, -0.25) is 4.79 Å². The lowest BCUT2D eigenvalue weighted by molar-refractivity contribution is -0.126. The predicted molar refractivity (Wildman–Crippen MR) is 85.3 cm³/mol. The number of carbonyl (C=O) groups excluding carboxylic acids is 1. The first-order chi connectivity index (χ1) is 10.8. The van der Waals surface area contributed by atoms with Crippen molar-refractivity contribution in [2.24, 2.45) is 17.6 Å². The highest BCUT2D eigenvalue weighted by Gasteiger charge is 2.33. The highest BCUT2D eigenvalue weighted by atomic mass is 16.2. The third-order valence-electron chi connectivity index (χ3n) is 4.90. The number of hydrogen-bond acceptors (Lipinski definition) is 5. The standard InChI is InChI=1S/C16H25N5O/c17-10-12-4-1-6-14(12)15(22)20-13-5-2-9-21(11-13)16-18-7-3-8-19-16/h3,7-8,12-14H,1-2,4-6,9-11,17H2,(H,20,22)/t12-,13?,14-/m1/s1. The van der Waals surface area contributed by atoms with Crippen LogP contribution in [0.5, 0.6) is 0 Å². The summed E-state index contributed by atoms with van der Waals surface area (Å²) in [5, 5.41) is 3.23. The SMILES string of the molecule is NC[C@H]1CCC[C@H]1C(=O)NC1CCCN(c2ncccn2)C1. The molecule has 1 unspecified atom stereocenters. The molecule has 0 spiro atoms. The van der Waals surface area contributed by atoms with E-state index in [1.54, 1.807) is 12.4 Å². The lowest BCUT2D eigenvalue weighted by Gasteiger charge is -2.34. The van der Waals surface area contributed by atoms with Crippen LogP contribution < -0.4 is 16.0 Å². The van der Waals surface area contributed by atoms with Crippen LogP contribution in [0.1, 0.15) is 32.1 Å². The Bertz CT molecular complexity index is 495. The lowest BCUT2D eigenvalue weighted by atomic mass is 9.94. The largest absolute Gasteiger partial charge is 0.351 e. The normalized spacial score (nSPS) is 28.6. The molecule has 1 saturated heterocycles. The van der Waals surface area contributed by atoms with Gasteiger partial charge in [-0.25, -0.2) is 9.97 Å². The van der Waals surface area contributed by atoms with Gasteiger partial charge in [0.2, 0.25) is 11.9 Å². The fourth-order valence-corrected chi connectivity index (χ4v) is 3.70. The van der Waals surface area contributed by atoms with Crippen molar-refractivity contribution in [1.29, 1.82) is 0 Å². The van der Waals surface area contributed by atoms with E-state index in [2.05, 4.69) is 20.2 Å². The van der Waals surface area contributed by atoms with E-state index in [-0.39, 0.29) is 17.9 Å². The molecule has 1 aliphatic carbocycles. The smallest absolute Gasteiger partial charge is 0.225 e. The van der Waals surface area contributed by atoms with Crippen molar-refractivity contribution in [1.82, 2.24) is 15.3 Å². The molecule has 0 aromatic carbocycles. The van der Waals surface area contributed by atoms with Crippen LogP contribution in [0.15, 0.2) is 18.5 Å². The Morgan fingerprint density at radius 1 is 1.27 bits per heavy atom. The lowest BCUT2D eigenvalue weighted by Crippen LogP contribution is -2.50. The van der Waals surface area contributed by atoms with E-state index in [9.17, 15) is 4.79 Å². The maximum atomic E-state index is 12.5. The zero-order chi connectivity index (χ0) is 15.4. The Morgan fingerprint density at radius 2 is 2.09 bits per heavy atom. The Morgan fingerprint density at radius 3 is 2.86 bits per heavy atom. The van der Waals surface area contributed by atoms with Gasteiger partial charge in [0.1, 0.15) is 0 Å². The molecule has 2 fully saturated rings. The van der Waals surface area contributed by atoms with E-state index in [1.165, 1.54) is 0 Å². The molecule has 3 rings (SSSR count). The number of piperidine rings is 1. The second kappa shape index (κ2) is 7.05. The molecule has 3 N–H and O–H groups in total. The van der Waals surface area contributed by atoms with E-state index >= 15 is 0 Å². The van der Waals surface area contributed by atoms with Gasteiger partial charge in [0, 0.05) is 37.4 Å². The van der Waals surface area contributed by atoms with E-state index < -0.39 is 0 Å². The average molecular weight is 303 g/mol. The maximum Gasteiger partial charge on any atom is 0.225 e. The number of anilines is 1. The first-order valence-corrected chi connectivity index (χ1v) is 8.30. The summed E-state index contributed by atoms with van der Waals surface area (Å²) < 4.78 is 0. The molecule has 2 heterocycles.